The summed E-state index contributed by atoms with van der Waals surface area (Å²) in [6.45, 7) is 0. The zero-order valence-corrected chi connectivity index (χ0v) is 19.7. The van der Waals surface area contributed by atoms with Crippen LogP contribution in [-0.4, -0.2) is 50.2 Å². The Morgan fingerprint density at radius 3 is 2.74 bits per heavy atom. The molecule has 3 aromatic heterocycles. The van der Waals surface area contributed by atoms with Gasteiger partial charge in [-0.25, -0.2) is 9.97 Å². The summed E-state index contributed by atoms with van der Waals surface area (Å²) in [4.78, 5) is 27.9. The zero-order valence-electron chi connectivity index (χ0n) is 19.7. The van der Waals surface area contributed by atoms with Crippen LogP contribution in [0.5, 0.6) is 0 Å². The molecule has 3 heterocycles. The molecule has 0 saturated heterocycles. The third-order valence-electron chi connectivity index (χ3n) is 6.70. The van der Waals surface area contributed by atoms with Gasteiger partial charge in [0, 0.05) is 43.0 Å². The van der Waals surface area contributed by atoms with E-state index in [-0.39, 0.29) is 18.4 Å². The van der Waals surface area contributed by atoms with Crippen molar-refractivity contribution in [3.8, 4) is 6.07 Å². The topological polar surface area (TPSA) is 136 Å². The fraction of sp³-hybridized carbons (Fsp3) is 0.440. The van der Waals surface area contributed by atoms with Crippen molar-refractivity contribution in [3.63, 3.8) is 0 Å². The fourth-order valence-corrected chi connectivity index (χ4v) is 4.58. The molecule has 3 N–H and O–H groups in total. The number of aromatic nitrogens is 5. The number of rotatable bonds is 8. The maximum absolute atomic E-state index is 12.5. The molecule has 0 radical (unpaired) electrons. The average Bonchev–Trinajstić information content (AvgIpc) is 3.63. The second kappa shape index (κ2) is 10.1. The van der Waals surface area contributed by atoms with E-state index in [1.165, 1.54) is 18.5 Å². The van der Waals surface area contributed by atoms with Gasteiger partial charge in [0.05, 0.1) is 12.1 Å². The number of carbonyl (C=O) groups excluding carboxylic acids is 1. The SMILES string of the molecule is CN(c1nccc(Nc2cc(C3CC3)[nH]n2)n1)[C@H]1CC[C@H](NC(=O)Cc2cccc(C#N)n2)CC1. The van der Waals surface area contributed by atoms with Gasteiger partial charge in [-0.05, 0) is 56.7 Å². The molecule has 1 amide bonds. The largest absolute Gasteiger partial charge is 0.353 e. The summed E-state index contributed by atoms with van der Waals surface area (Å²) in [5.41, 5.74) is 2.11. The highest BCUT2D eigenvalue weighted by Crippen LogP contribution is 2.39. The third-order valence-corrected chi connectivity index (χ3v) is 6.70. The van der Waals surface area contributed by atoms with E-state index in [9.17, 15) is 4.79 Å². The van der Waals surface area contributed by atoms with Gasteiger partial charge in [0.25, 0.3) is 0 Å². The van der Waals surface area contributed by atoms with Crippen molar-refractivity contribution in [1.29, 1.82) is 5.26 Å². The lowest BCUT2D eigenvalue weighted by Gasteiger charge is -2.35. The molecule has 0 atom stereocenters. The highest BCUT2D eigenvalue weighted by Gasteiger charge is 2.27. The van der Waals surface area contributed by atoms with E-state index < -0.39 is 0 Å². The minimum absolute atomic E-state index is 0.0605. The van der Waals surface area contributed by atoms with Gasteiger partial charge in [0.2, 0.25) is 11.9 Å². The quantitative estimate of drug-likeness (QED) is 0.456. The van der Waals surface area contributed by atoms with E-state index in [0.29, 0.717) is 35.1 Å². The number of H-pyrrole nitrogens is 1. The van der Waals surface area contributed by atoms with Crippen molar-refractivity contribution in [1.82, 2.24) is 30.5 Å². The van der Waals surface area contributed by atoms with Crippen molar-refractivity contribution < 1.29 is 4.79 Å². The molecule has 0 aromatic carbocycles. The molecule has 10 nitrogen and oxygen atoms in total. The molecule has 3 aromatic rings. The molecule has 2 aliphatic rings. The fourth-order valence-electron chi connectivity index (χ4n) is 4.58. The van der Waals surface area contributed by atoms with Gasteiger partial charge in [-0.2, -0.15) is 15.3 Å². The first-order chi connectivity index (χ1) is 17.1. The summed E-state index contributed by atoms with van der Waals surface area (Å²) < 4.78 is 0. The molecule has 5 rings (SSSR count). The molecule has 0 spiro atoms. The van der Waals surface area contributed by atoms with Gasteiger partial charge in [0.1, 0.15) is 17.6 Å². The number of nitrogens with zero attached hydrogens (tertiary/aromatic N) is 6. The third kappa shape index (κ3) is 5.74. The summed E-state index contributed by atoms with van der Waals surface area (Å²) in [6, 6.07) is 11.5. The summed E-state index contributed by atoms with van der Waals surface area (Å²) >= 11 is 0. The highest BCUT2D eigenvalue weighted by atomic mass is 16.1. The van der Waals surface area contributed by atoms with Crippen LogP contribution in [0.2, 0.25) is 0 Å². The smallest absolute Gasteiger partial charge is 0.227 e. The first-order valence-electron chi connectivity index (χ1n) is 12.1. The van der Waals surface area contributed by atoms with Gasteiger partial charge >= 0.3 is 0 Å². The lowest BCUT2D eigenvalue weighted by atomic mass is 9.90. The van der Waals surface area contributed by atoms with Gasteiger partial charge in [-0.3, -0.25) is 9.89 Å². The lowest BCUT2D eigenvalue weighted by Crippen LogP contribution is -2.43. The molecule has 2 fully saturated rings. The van der Waals surface area contributed by atoms with Crippen molar-refractivity contribution in [2.45, 2.75) is 62.9 Å². The second-order valence-corrected chi connectivity index (χ2v) is 9.34. The Bertz CT molecular complexity index is 1220. The molecule has 0 unspecified atom stereocenters. The Labute approximate surface area is 204 Å². The Balaban J connectivity index is 1.12. The molecule has 10 heteroatoms. The van der Waals surface area contributed by atoms with Gasteiger partial charge in [-0.1, -0.05) is 6.07 Å². The van der Waals surface area contributed by atoms with E-state index >= 15 is 0 Å². The van der Waals surface area contributed by atoms with Crippen LogP contribution in [0.25, 0.3) is 0 Å². The highest BCUT2D eigenvalue weighted by molar-refractivity contribution is 5.78. The number of nitrogens with one attached hydrogen (secondary N) is 3. The number of nitriles is 1. The van der Waals surface area contributed by atoms with Crippen molar-refractivity contribution in [3.05, 3.63) is 53.6 Å². The molecular weight excluding hydrogens is 442 g/mol. The molecule has 180 valence electrons. The molecule has 2 aliphatic carbocycles. The van der Waals surface area contributed by atoms with Gasteiger partial charge in [0.15, 0.2) is 5.82 Å². The van der Waals surface area contributed by atoms with E-state index in [2.05, 4.69) is 41.8 Å². The first kappa shape index (κ1) is 22.8. The maximum Gasteiger partial charge on any atom is 0.227 e. The van der Waals surface area contributed by atoms with Crippen LogP contribution in [-0.2, 0) is 11.2 Å². The Morgan fingerprint density at radius 1 is 1.14 bits per heavy atom. The monoisotopic (exact) mass is 471 g/mol. The minimum Gasteiger partial charge on any atom is -0.353 e. The predicted molar refractivity (Wildman–Crippen MR) is 131 cm³/mol. The molecule has 0 bridgehead atoms. The predicted octanol–water partition coefficient (Wildman–Crippen LogP) is 3.19. The van der Waals surface area contributed by atoms with Crippen LogP contribution in [0.4, 0.5) is 17.6 Å². The van der Waals surface area contributed by atoms with E-state index in [1.807, 2.05) is 19.2 Å². The van der Waals surface area contributed by atoms with Crippen LogP contribution in [0.1, 0.15) is 61.5 Å². The summed E-state index contributed by atoms with van der Waals surface area (Å²) in [5.74, 6) is 2.71. The Kier molecular flexibility index (Phi) is 6.57. The van der Waals surface area contributed by atoms with Crippen LogP contribution < -0.4 is 15.5 Å². The number of pyridine rings is 1. The second-order valence-electron chi connectivity index (χ2n) is 9.34. The van der Waals surface area contributed by atoms with Gasteiger partial charge < -0.3 is 15.5 Å². The Morgan fingerprint density at radius 2 is 1.97 bits per heavy atom. The van der Waals surface area contributed by atoms with E-state index in [4.69, 9.17) is 10.2 Å². The van der Waals surface area contributed by atoms with Crippen LogP contribution in [0.3, 0.4) is 0 Å². The van der Waals surface area contributed by atoms with Gasteiger partial charge in [-0.15, -0.1) is 0 Å². The molecule has 2 saturated carbocycles. The van der Waals surface area contributed by atoms with E-state index in [1.54, 1.807) is 24.4 Å². The maximum atomic E-state index is 12.5. The van der Waals surface area contributed by atoms with Crippen molar-refractivity contribution in [2.24, 2.45) is 0 Å². The Hall–Kier alpha value is -4.00. The molecular formula is C25H29N9O. The first-order valence-corrected chi connectivity index (χ1v) is 12.1. The van der Waals surface area contributed by atoms with E-state index in [0.717, 1.165) is 31.5 Å². The lowest BCUT2D eigenvalue weighted by molar-refractivity contribution is -0.121. The molecule has 35 heavy (non-hydrogen) atoms. The number of anilines is 3. The van der Waals surface area contributed by atoms with Crippen LogP contribution in [0.15, 0.2) is 36.5 Å². The van der Waals surface area contributed by atoms with Crippen molar-refractivity contribution in [2.75, 3.05) is 17.3 Å². The normalized spacial score (nSPS) is 19.5. The number of aromatic amines is 1. The zero-order chi connectivity index (χ0) is 24.2. The van der Waals surface area contributed by atoms with Crippen molar-refractivity contribution >= 4 is 23.5 Å². The van der Waals surface area contributed by atoms with Crippen LogP contribution in [0, 0.1) is 11.3 Å². The number of amides is 1. The minimum atomic E-state index is -0.0605. The summed E-state index contributed by atoms with van der Waals surface area (Å²) in [7, 11) is 2.02. The summed E-state index contributed by atoms with van der Waals surface area (Å²) in [6.07, 6.45) is 8.05. The number of hydrogen-bond acceptors (Lipinski definition) is 8. The number of hydrogen-bond donors (Lipinski definition) is 3. The average molecular weight is 472 g/mol. The summed E-state index contributed by atoms with van der Waals surface area (Å²) in [5, 5.41) is 22.8. The van der Waals surface area contributed by atoms with Crippen LogP contribution >= 0.6 is 0 Å². The molecule has 0 aliphatic heterocycles. The standard InChI is InChI=1S/C25H29N9O/c1-34(25-27-12-11-22(31-25)30-23-14-21(32-33-23)16-5-6-16)20-9-7-17(8-10-20)29-24(35)13-18-3-2-4-19(15-26)28-18/h2-4,11-12,14,16-17,20H,5-10,13H2,1H3,(H,29,35)(H2,27,30,31,32,33)/t17-,20-. The number of carbonyl (C=O) groups is 1.